The van der Waals surface area contributed by atoms with E-state index in [4.69, 9.17) is 4.74 Å². The number of hydrogen-bond donors (Lipinski definition) is 3. The second kappa shape index (κ2) is 13.4. The SMILES string of the molecule is O=C(CN1CCC1)NCC(Cc1ccc(C#Cc2ccc(CN3CCOCC3)cc2)cc1)c1nc[nH]c(=O)c1O. The zero-order valence-corrected chi connectivity index (χ0v) is 22.6. The Bertz CT molecular complexity index is 1400. The maximum Gasteiger partial charge on any atom is 0.293 e. The Balaban J connectivity index is 1.21. The number of amides is 1. The van der Waals surface area contributed by atoms with Crippen LogP contribution in [0, 0.1) is 11.8 Å². The van der Waals surface area contributed by atoms with Gasteiger partial charge in [0.05, 0.1) is 31.8 Å². The lowest BCUT2D eigenvalue weighted by Gasteiger charge is -2.30. The Hall–Kier alpha value is -3.97. The van der Waals surface area contributed by atoms with Crippen molar-refractivity contribution >= 4 is 5.91 Å². The molecule has 3 heterocycles. The Morgan fingerprint density at radius 2 is 1.62 bits per heavy atom. The van der Waals surface area contributed by atoms with E-state index < -0.39 is 11.3 Å². The molecule has 1 amide bonds. The molecule has 5 rings (SSSR count). The van der Waals surface area contributed by atoms with Gasteiger partial charge in [-0.1, -0.05) is 36.1 Å². The largest absolute Gasteiger partial charge is 0.502 e. The third kappa shape index (κ3) is 7.57. The van der Waals surface area contributed by atoms with Crippen molar-refractivity contribution in [2.45, 2.75) is 25.3 Å². The van der Waals surface area contributed by atoms with Crippen LogP contribution in [0.15, 0.2) is 59.7 Å². The van der Waals surface area contributed by atoms with Crippen molar-refractivity contribution in [3.05, 3.63) is 93.2 Å². The highest BCUT2D eigenvalue weighted by Gasteiger charge is 2.22. The minimum atomic E-state index is -0.596. The summed E-state index contributed by atoms with van der Waals surface area (Å²) >= 11 is 0. The highest BCUT2D eigenvalue weighted by molar-refractivity contribution is 5.78. The van der Waals surface area contributed by atoms with Crippen LogP contribution in [-0.2, 0) is 22.5 Å². The zero-order valence-electron chi connectivity index (χ0n) is 22.6. The van der Waals surface area contributed by atoms with Gasteiger partial charge in [-0.15, -0.1) is 0 Å². The monoisotopic (exact) mass is 541 g/mol. The van der Waals surface area contributed by atoms with Gasteiger partial charge >= 0.3 is 0 Å². The van der Waals surface area contributed by atoms with Gasteiger partial charge < -0.3 is 20.1 Å². The molecule has 1 atom stereocenters. The molecule has 0 spiro atoms. The van der Waals surface area contributed by atoms with E-state index in [-0.39, 0.29) is 24.1 Å². The zero-order chi connectivity index (χ0) is 27.7. The van der Waals surface area contributed by atoms with Crippen molar-refractivity contribution < 1.29 is 14.6 Å². The fraction of sp³-hybridized carbons (Fsp3) is 0.387. The number of nitrogens with one attached hydrogen (secondary N) is 2. The van der Waals surface area contributed by atoms with Crippen LogP contribution in [0.1, 0.15) is 40.3 Å². The number of aromatic hydroxyl groups is 1. The van der Waals surface area contributed by atoms with Crippen LogP contribution in [0.4, 0.5) is 0 Å². The van der Waals surface area contributed by atoms with Gasteiger partial charge in [-0.05, 0) is 61.3 Å². The van der Waals surface area contributed by atoms with E-state index in [9.17, 15) is 14.7 Å². The summed E-state index contributed by atoms with van der Waals surface area (Å²) in [5.74, 6) is 5.60. The molecule has 0 aliphatic carbocycles. The lowest BCUT2D eigenvalue weighted by Crippen LogP contribution is -2.45. The van der Waals surface area contributed by atoms with Gasteiger partial charge in [-0.25, -0.2) is 4.98 Å². The Morgan fingerprint density at radius 1 is 0.975 bits per heavy atom. The number of nitrogens with zero attached hydrogens (tertiary/aromatic N) is 3. The molecule has 9 nitrogen and oxygen atoms in total. The van der Waals surface area contributed by atoms with Crippen molar-refractivity contribution in [2.75, 3.05) is 52.5 Å². The Labute approximate surface area is 234 Å². The van der Waals surface area contributed by atoms with Crippen LogP contribution >= 0.6 is 0 Å². The van der Waals surface area contributed by atoms with E-state index in [2.05, 4.69) is 61.2 Å². The van der Waals surface area contributed by atoms with Crippen molar-refractivity contribution in [3.8, 4) is 17.6 Å². The van der Waals surface area contributed by atoms with Crippen molar-refractivity contribution in [1.29, 1.82) is 0 Å². The molecule has 3 aromatic rings. The van der Waals surface area contributed by atoms with Crippen molar-refractivity contribution in [2.24, 2.45) is 0 Å². The molecule has 0 bridgehead atoms. The first-order chi connectivity index (χ1) is 19.5. The van der Waals surface area contributed by atoms with Crippen LogP contribution in [-0.4, -0.2) is 83.3 Å². The van der Waals surface area contributed by atoms with Crippen LogP contribution < -0.4 is 10.9 Å². The molecule has 208 valence electrons. The smallest absolute Gasteiger partial charge is 0.293 e. The van der Waals surface area contributed by atoms with Crippen LogP contribution in [0.3, 0.4) is 0 Å². The number of carbonyl (C=O) groups is 1. The quantitative estimate of drug-likeness (QED) is 0.355. The normalized spacial score (nSPS) is 16.4. The second-order valence-electron chi connectivity index (χ2n) is 10.3. The summed E-state index contributed by atoms with van der Waals surface area (Å²) in [5, 5.41) is 13.3. The summed E-state index contributed by atoms with van der Waals surface area (Å²) in [6.45, 7) is 6.93. The van der Waals surface area contributed by atoms with E-state index in [1.54, 1.807) is 0 Å². The number of likely N-dealkylation sites (tertiary alicyclic amines) is 1. The molecule has 0 radical (unpaired) electrons. The molecule has 2 aliphatic heterocycles. The van der Waals surface area contributed by atoms with E-state index in [1.807, 2.05) is 24.3 Å². The minimum Gasteiger partial charge on any atom is -0.502 e. The molecule has 2 fully saturated rings. The molecule has 0 saturated carbocycles. The highest BCUT2D eigenvalue weighted by Crippen LogP contribution is 2.24. The van der Waals surface area contributed by atoms with Gasteiger partial charge in [0.1, 0.15) is 0 Å². The third-order valence-corrected chi connectivity index (χ3v) is 7.36. The van der Waals surface area contributed by atoms with E-state index in [0.717, 1.165) is 69.0 Å². The Kier molecular flexibility index (Phi) is 9.24. The summed E-state index contributed by atoms with van der Waals surface area (Å²) < 4.78 is 5.42. The number of rotatable bonds is 9. The van der Waals surface area contributed by atoms with Gasteiger partial charge in [0.2, 0.25) is 11.7 Å². The first-order valence-corrected chi connectivity index (χ1v) is 13.8. The lowest BCUT2D eigenvalue weighted by molar-refractivity contribution is -0.123. The number of aromatic nitrogens is 2. The molecule has 2 saturated heterocycles. The predicted molar refractivity (Wildman–Crippen MR) is 152 cm³/mol. The fourth-order valence-electron chi connectivity index (χ4n) is 4.87. The predicted octanol–water partition coefficient (Wildman–Crippen LogP) is 1.86. The molecule has 2 aliphatic rings. The van der Waals surface area contributed by atoms with Gasteiger partial charge in [-0.3, -0.25) is 19.4 Å². The Morgan fingerprint density at radius 3 is 2.25 bits per heavy atom. The number of hydrogen-bond acceptors (Lipinski definition) is 7. The van der Waals surface area contributed by atoms with Gasteiger partial charge in [0.15, 0.2) is 0 Å². The number of H-pyrrole nitrogens is 1. The number of ether oxygens (including phenoxy) is 1. The summed E-state index contributed by atoms with van der Waals surface area (Å²) in [4.78, 5) is 35.5. The molecular weight excluding hydrogens is 506 g/mol. The maximum atomic E-state index is 12.4. The third-order valence-electron chi connectivity index (χ3n) is 7.36. The number of carbonyl (C=O) groups excluding carboxylic acids is 1. The minimum absolute atomic E-state index is 0.0752. The molecular formula is C31H35N5O4. The average Bonchev–Trinajstić information content (AvgIpc) is 2.95. The van der Waals surface area contributed by atoms with Gasteiger partial charge in [-0.2, -0.15) is 0 Å². The first-order valence-electron chi connectivity index (χ1n) is 13.8. The number of benzene rings is 2. The average molecular weight is 542 g/mol. The van der Waals surface area contributed by atoms with Crippen LogP contribution in [0.2, 0.25) is 0 Å². The lowest BCUT2D eigenvalue weighted by atomic mass is 9.94. The molecule has 9 heteroatoms. The molecule has 3 N–H and O–H groups in total. The standard InChI is InChI=1S/C31H35N5O4/c37-28(21-35-12-1-13-35)32-19-27(29-30(38)31(39)34-22-33-29)18-25-8-4-23(5-9-25)2-3-24-6-10-26(11-7-24)20-36-14-16-40-17-15-36/h4-11,22,27,38H,1,12-21H2,(H,32,37)(H,33,34,39). The van der Waals surface area contributed by atoms with Crippen LogP contribution in [0.5, 0.6) is 5.75 Å². The van der Waals surface area contributed by atoms with E-state index in [0.29, 0.717) is 13.0 Å². The van der Waals surface area contributed by atoms with E-state index >= 15 is 0 Å². The number of aromatic amines is 1. The van der Waals surface area contributed by atoms with Gasteiger partial charge in [0.25, 0.3) is 5.56 Å². The first kappa shape index (κ1) is 27.6. The molecule has 40 heavy (non-hydrogen) atoms. The molecule has 1 aromatic heterocycles. The summed E-state index contributed by atoms with van der Waals surface area (Å²) in [5.41, 5.74) is 3.78. The van der Waals surface area contributed by atoms with Gasteiger partial charge in [0, 0.05) is 43.2 Å². The van der Waals surface area contributed by atoms with Crippen molar-refractivity contribution in [1.82, 2.24) is 25.1 Å². The molecule has 2 aromatic carbocycles. The summed E-state index contributed by atoms with van der Waals surface area (Å²) in [6, 6.07) is 16.2. The van der Waals surface area contributed by atoms with Crippen molar-refractivity contribution in [3.63, 3.8) is 0 Å². The topological polar surface area (TPSA) is 111 Å². The maximum absolute atomic E-state index is 12.4. The summed E-state index contributed by atoms with van der Waals surface area (Å²) in [6.07, 6.45) is 2.88. The number of morpholine rings is 1. The second-order valence-corrected chi connectivity index (χ2v) is 10.3. The fourth-order valence-corrected chi connectivity index (χ4v) is 4.87. The van der Waals surface area contributed by atoms with Crippen LogP contribution in [0.25, 0.3) is 0 Å². The highest BCUT2D eigenvalue weighted by atomic mass is 16.5. The molecule has 1 unspecified atom stereocenters. The summed E-state index contributed by atoms with van der Waals surface area (Å²) in [7, 11) is 0. The van der Waals surface area contributed by atoms with E-state index in [1.165, 1.54) is 11.9 Å².